The molecule has 1 atom stereocenters. The molecule has 1 aliphatic rings. The molecular weight excluding hydrogens is 379 g/mol. The van der Waals surface area contributed by atoms with Gasteiger partial charge in [0.25, 0.3) is 0 Å². The number of anilines is 1. The fourth-order valence-corrected chi connectivity index (χ4v) is 3.49. The zero-order valence-electron chi connectivity index (χ0n) is 17.0. The summed E-state index contributed by atoms with van der Waals surface area (Å²) in [6.45, 7) is 0. The van der Waals surface area contributed by atoms with E-state index in [1.807, 2.05) is 66.7 Å². The summed E-state index contributed by atoms with van der Waals surface area (Å²) in [4.78, 5) is 0. The van der Waals surface area contributed by atoms with E-state index in [2.05, 4.69) is 0 Å². The molecule has 0 radical (unpaired) electrons. The van der Waals surface area contributed by atoms with Gasteiger partial charge in [0.15, 0.2) is 0 Å². The maximum atomic E-state index is 14.5. The zero-order valence-corrected chi connectivity index (χ0v) is 17.0. The molecule has 4 nitrogen and oxygen atoms in total. The number of hydrogen-bond acceptors (Lipinski definition) is 4. The monoisotopic (exact) mass is 402 g/mol. The maximum absolute atomic E-state index is 14.5. The van der Waals surface area contributed by atoms with E-state index < -0.39 is 0 Å². The predicted octanol–water partition coefficient (Wildman–Crippen LogP) is 5.86. The Labute approximate surface area is 175 Å². The molecule has 0 aromatic heterocycles. The van der Waals surface area contributed by atoms with E-state index >= 15 is 0 Å². The van der Waals surface area contributed by atoms with Crippen molar-refractivity contribution in [2.45, 2.75) is 12.5 Å². The highest BCUT2D eigenvalue weighted by molar-refractivity contribution is 6.01. The fraction of sp³-hybridized carbons (Fsp3) is 0.160. The first-order valence-corrected chi connectivity index (χ1v) is 9.75. The van der Waals surface area contributed by atoms with Gasteiger partial charge in [0.1, 0.15) is 17.3 Å². The van der Waals surface area contributed by atoms with Crippen LogP contribution in [0.5, 0.6) is 11.5 Å². The molecule has 4 rings (SSSR count). The molecule has 0 saturated carbocycles. The van der Waals surface area contributed by atoms with Crippen LogP contribution in [0.3, 0.4) is 0 Å². The third kappa shape index (κ3) is 4.20. The number of ether oxygens (including phenoxy) is 2. The highest BCUT2D eigenvalue weighted by Gasteiger charge is 2.29. The van der Waals surface area contributed by atoms with Crippen molar-refractivity contribution in [3.05, 3.63) is 95.8 Å². The fourth-order valence-electron chi connectivity index (χ4n) is 3.49. The van der Waals surface area contributed by atoms with Crippen LogP contribution in [0.25, 0.3) is 6.08 Å². The van der Waals surface area contributed by atoms with Gasteiger partial charge in [-0.2, -0.15) is 5.10 Å². The second-order valence-electron chi connectivity index (χ2n) is 6.99. The van der Waals surface area contributed by atoms with Crippen LogP contribution in [0, 0.1) is 5.82 Å². The van der Waals surface area contributed by atoms with Gasteiger partial charge in [-0.1, -0.05) is 42.5 Å². The molecule has 3 aromatic rings. The van der Waals surface area contributed by atoms with E-state index in [-0.39, 0.29) is 11.9 Å². The normalized spacial score (nSPS) is 16.0. The lowest BCUT2D eigenvalue weighted by atomic mass is 10.0. The molecule has 0 saturated heterocycles. The number of benzene rings is 3. The molecule has 0 bridgehead atoms. The van der Waals surface area contributed by atoms with Crippen molar-refractivity contribution in [1.29, 1.82) is 0 Å². The van der Waals surface area contributed by atoms with Crippen LogP contribution < -0.4 is 14.5 Å². The van der Waals surface area contributed by atoms with Crippen LogP contribution in [0.2, 0.25) is 0 Å². The topological polar surface area (TPSA) is 34.1 Å². The van der Waals surface area contributed by atoms with Crippen molar-refractivity contribution >= 4 is 17.5 Å². The van der Waals surface area contributed by atoms with Crippen molar-refractivity contribution < 1.29 is 13.9 Å². The quantitative estimate of drug-likeness (QED) is 0.518. The van der Waals surface area contributed by atoms with Crippen molar-refractivity contribution in [2.75, 3.05) is 19.2 Å². The highest BCUT2D eigenvalue weighted by Crippen LogP contribution is 2.37. The first-order chi connectivity index (χ1) is 14.7. The molecule has 5 heteroatoms. The van der Waals surface area contributed by atoms with Crippen molar-refractivity contribution in [2.24, 2.45) is 5.10 Å². The largest absolute Gasteiger partial charge is 0.497 e. The molecule has 3 aromatic carbocycles. The molecule has 0 amide bonds. The SMILES string of the molecule is COc1ccc(/C=C/C2=NN(c3ccccc3F)[C@H](c3ccc(OC)cc3)C2)cc1. The molecule has 1 aliphatic heterocycles. The minimum atomic E-state index is -0.292. The van der Waals surface area contributed by atoms with Gasteiger partial charge in [-0.05, 0) is 53.6 Å². The van der Waals surface area contributed by atoms with Crippen LogP contribution in [0.1, 0.15) is 23.6 Å². The van der Waals surface area contributed by atoms with E-state index in [0.717, 1.165) is 28.3 Å². The third-order valence-corrected chi connectivity index (χ3v) is 5.12. The van der Waals surface area contributed by atoms with E-state index in [4.69, 9.17) is 14.6 Å². The van der Waals surface area contributed by atoms with E-state index in [1.165, 1.54) is 6.07 Å². The van der Waals surface area contributed by atoms with Gasteiger partial charge in [-0.15, -0.1) is 0 Å². The minimum absolute atomic E-state index is 0.0941. The van der Waals surface area contributed by atoms with E-state index in [9.17, 15) is 4.39 Å². The van der Waals surface area contributed by atoms with Gasteiger partial charge in [0, 0.05) is 6.42 Å². The molecule has 0 fully saturated rings. The molecule has 0 aliphatic carbocycles. The summed E-state index contributed by atoms with van der Waals surface area (Å²) < 4.78 is 25.0. The average molecular weight is 402 g/mol. The summed E-state index contributed by atoms with van der Waals surface area (Å²) in [5, 5.41) is 6.50. The zero-order chi connectivity index (χ0) is 20.9. The second-order valence-corrected chi connectivity index (χ2v) is 6.99. The van der Waals surface area contributed by atoms with Gasteiger partial charge in [0.05, 0.1) is 31.7 Å². The lowest BCUT2D eigenvalue weighted by Gasteiger charge is -2.24. The summed E-state index contributed by atoms with van der Waals surface area (Å²) in [7, 11) is 3.29. The summed E-state index contributed by atoms with van der Waals surface area (Å²) in [6.07, 6.45) is 4.67. The smallest absolute Gasteiger partial charge is 0.148 e. The molecule has 1 heterocycles. The Hall–Kier alpha value is -3.60. The van der Waals surface area contributed by atoms with Crippen LogP contribution in [-0.2, 0) is 0 Å². The first-order valence-electron chi connectivity index (χ1n) is 9.75. The summed E-state index contributed by atoms with van der Waals surface area (Å²) in [5.74, 6) is 1.31. The lowest BCUT2D eigenvalue weighted by molar-refractivity contribution is 0.414. The number of allylic oxidation sites excluding steroid dienone is 1. The average Bonchev–Trinajstić information content (AvgIpc) is 3.22. The van der Waals surface area contributed by atoms with Crippen molar-refractivity contribution in [3.8, 4) is 11.5 Å². The van der Waals surface area contributed by atoms with Crippen molar-refractivity contribution in [3.63, 3.8) is 0 Å². The Morgan fingerprint density at radius 3 is 2.13 bits per heavy atom. The first kappa shape index (κ1) is 19.7. The number of para-hydroxylation sites is 1. The van der Waals surface area contributed by atoms with E-state index in [0.29, 0.717) is 12.1 Å². The minimum Gasteiger partial charge on any atom is -0.497 e. The Balaban J connectivity index is 1.63. The van der Waals surface area contributed by atoms with Crippen LogP contribution in [0.4, 0.5) is 10.1 Å². The van der Waals surface area contributed by atoms with E-state index in [1.54, 1.807) is 31.4 Å². The Morgan fingerprint density at radius 1 is 0.867 bits per heavy atom. The van der Waals surface area contributed by atoms with Gasteiger partial charge < -0.3 is 9.47 Å². The van der Waals surface area contributed by atoms with Crippen LogP contribution in [0.15, 0.2) is 84.0 Å². The number of methoxy groups -OCH3 is 2. The lowest BCUT2D eigenvalue weighted by Crippen LogP contribution is -2.19. The van der Waals surface area contributed by atoms with Crippen LogP contribution in [-0.4, -0.2) is 19.9 Å². The molecule has 30 heavy (non-hydrogen) atoms. The number of hydrazone groups is 1. The second kappa shape index (κ2) is 8.82. The molecule has 0 unspecified atom stereocenters. The summed E-state index contributed by atoms with van der Waals surface area (Å²) in [6, 6.07) is 22.3. The predicted molar refractivity (Wildman–Crippen MR) is 119 cm³/mol. The molecule has 152 valence electrons. The van der Waals surface area contributed by atoms with Gasteiger partial charge in [-0.3, -0.25) is 5.01 Å². The molecule has 0 spiro atoms. The Bertz CT molecular complexity index is 1060. The summed E-state index contributed by atoms with van der Waals surface area (Å²) in [5.41, 5.74) is 3.44. The standard InChI is InChI=1S/C25H23FN2O2/c1-29-21-13-8-18(9-14-21)7-12-20-17-25(19-10-15-22(30-2)16-11-19)28(27-20)24-6-4-3-5-23(24)26/h3-16,25H,17H2,1-2H3/b12-7+/t25-/m0/s1. The number of nitrogens with zero attached hydrogens (tertiary/aromatic N) is 2. The summed E-state index contributed by atoms with van der Waals surface area (Å²) >= 11 is 0. The van der Waals surface area contributed by atoms with Crippen molar-refractivity contribution in [1.82, 2.24) is 0 Å². The van der Waals surface area contributed by atoms with Crippen LogP contribution >= 0.6 is 0 Å². The van der Waals surface area contributed by atoms with Gasteiger partial charge >= 0.3 is 0 Å². The molecular formula is C25H23FN2O2. The Kier molecular flexibility index (Phi) is 5.80. The number of hydrogen-bond donors (Lipinski definition) is 0. The highest BCUT2D eigenvalue weighted by atomic mass is 19.1. The van der Waals surface area contributed by atoms with Gasteiger partial charge in [-0.25, -0.2) is 4.39 Å². The molecule has 0 N–H and O–H groups in total. The number of rotatable bonds is 6. The van der Waals surface area contributed by atoms with Gasteiger partial charge in [0.2, 0.25) is 0 Å². The Morgan fingerprint density at radius 2 is 1.50 bits per heavy atom. The third-order valence-electron chi connectivity index (χ3n) is 5.12. The maximum Gasteiger partial charge on any atom is 0.148 e. The number of halogens is 1.